The molecule has 0 aromatic rings. The fourth-order valence-corrected chi connectivity index (χ4v) is 1.75. The van der Waals surface area contributed by atoms with E-state index in [1.54, 1.807) is 0 Å². The van der Waals surface area contributed by atoms with E-state index in [0.29, 0.717) is 6.42 Å². The van der Waals surface area contributed by atoms with Crippen LogP contribution in [0.25, 0.3) is 0 Å². The molecule has 0 atom stereocenters. The van der Waals surface area contributed by atoms with Crippen LogP contribution in [0.3, 0.4) is 0 Å². The Bertz CT molecular complexity index is 104. The Morgan fingerprint density at radius 1 is 0.769 bits per heavy atom. The van der Waals surface area contributed by atoms with Gasteiger partial charge in [0.15, 0.2) is 6.29 Å². The molecule has 77 valence electrons. The summed E-state index contributed by atoms with van der Waals surface area (Å²) in [5.41, 5.74) is 0. The van der Waals surface area contributed by atoms with Crippen LogP contribution >= 0.6 is 15.9 Å². The van der Waals surface area contributed by atoms with E-state index in [4.69, 9.17) is 0 Å². The third-order valence-corrected chi connectivity index (χ3v) is 2.72. The fraction of sp³-hybridized carbons (Fsp3) is 0.909. The number of hydrogen-bond donors (Lipinski definition) is 0. The maximum absolute atomic E-state index is 9.88. The Hall–Kier alpha value is 0.150. The van der Waals surface area contributed by atoms with E-state index >= 15 is 0 Å². The average Bonchev–Trinajstić information content (AvgIpc) is 2.16. The van der Waals surface area contributed by atoms with Crippen molar-refractivity contribution in [2.24, 2.45) is 0 Å². The molecule has 0 amide bonds. The molecule has 1 radical (unpaired) electrons. The molecule has 0 aromatic heterocycles. The van der Waals surface area contributed by atoms with Crippen molar-refractivity contribution in [1.82, 2.24) is 0 Å². The number of halogens is 1. The molecule has 0 fully saturated rings. The van der Waals surface area contributed by atoms with Gasteiger partial charge in [-0.1, -0.05) is 54.5 Å². The highest BCUT2D eigenvalue weighted by molar-refractivity contribution is 9.09. The number of carbonyl (C=O) groups excluding carboxylic acids is 1. The van der Waals surface area contributed by atoms with Crippen LogP contribution in [-0.2, 0) is 4.79 Å². The number of rotatable bonds is 10. The second-order valence-electron chi connectivity index (χ2n) is 3.41. The van der Waals surface area contributed by atoms with Crippen LogP contribution in [-0.4, -0.2) is 11.6 Å². The maximum Gasteiger partial charge on any atom is 0.198 e. The van der Waals surface area contributed by atoms with E-state index in [1.165, 1.54) is 44.9 Å². The molecule has 0 aliphatic rings. The number of unbranched alkanes of at least 4 members (excludes halogenated alkanes) is 8. The molecule has 1 nitrogen and oxygen atoms in total. The van der Waals surface area contributed by atoms with E-state index in [0.717, 1.165) is 11.8 Å². The Morgan fingerprint density at radius 2 is 1.23 bits per heavy atom. The molecule has 0 heterocycles. The summed E-state index contributed by atoms with van der Waals surface area (Å²) in [6.45, 7) is 0. The molecule has 13 heavy (non-hydrogen) atoms. The van der Waals surface area contributed by atoms with Crippen molar-refractivity contribution in [3.05, 3.63) is 0 Å². The highest BCUT2D eigenvalue weighted by Gasteiger charge is 1.91. The molecule has 0 unspecified atom stereocenters. The number of hydrogen-bond acceptors (Lipinski definition) is 1. The summed E-state index contributed by atoms with van der Waals surface area (Å²) < 4.78 is 0. The highest BCUT2D eigenvalue weighted by atomic mass is 79.9. The molecule has 0 aliphatic carbocycles. The summed E-state index contributed by atoms with van der Waals surface area (Å²) in [4.78, 5) is 9.88. The van der Waals surface area contributed by atoms with Gasteiger partial charge in [-0.15, -0.1) is 0 Å². The van der Waals surface area contributed by atoms with Gasteiger partial charge in [0, 0.05) is 11.8 Å². The zero-order valence-corrected chi connectivity index (χ0v) is 9.94. The lowest BCUT2D eigenvalue weighted by Gasteiger charge is -1.99. The first-order valence-electron chi connectivity index (χ1n) is 5.32. The summed E-state index contributed by atoms with van der Waals surface area (Å²) in [5.74, 6) is 0. The SMILES string of the molecule is O=[C]CCCCCCCCCCBr. The molecule has 0 N–H and O–H groups in total. The van der Waals surface area contributed by atoms with Gasteiger partial charge in [0.2, 0.25) is 0 Å². The molecule has 2 heteroatoms. The summed E-state index contributed by atoms with van der Waals surface area (Å²) in [6, 6.07) is 0. The predicted molar refractivity (Wildman–Crippen MR) is 61.0 cm³/mol. The van der Waals surface area contributed by atoms with Crippen molar-refractivity contribution in [3.8, 4) is 0 Å². The van der Waals surface area contributed by atoms with Gasteiger partial charge in [0.05, 0.1) is 0 Å². The molecule has 0 spiro atoms. The smallest absolute Gasteiger partial charge is 0.198 e. The van der Waals surface area contributed by atoms with Crippen LogP contribution in [0.15, 0.2) is 0 Å². The molecule has 0 rings (SSSR count). The lowest BCUT2D eigenvalue weighted by atomic mass is 10.1. The molecule has 0 bridgehead atoms. The van der Waals surface area contributed by atoms with Gasteiger partial charge in [-0.05, 0) is 12.8 Å². The zero-order valence-electron chi connectivity index (χ0n) is 8.36. The zero-order chi connectivity index (χ0) is 9.78. The minimum Gasteiger partial charge on any atom is -0.291 e. The van der Waals surface area contributed by atoms with Crippen LogP contribution in [0.1, 0.15) is 57.8 Å². The van der Waals surface area contributed by atoms with Crippen molar-refractivity contribution in [2.45, 2.75) is 57.8 Å². The van der Waals surface area contributed by atoms with Crippen LogP contribution in [0.2, 0.25) is 0 Å². The quantitative estimate of drug-likeness (QED) is 0.422. The minimum absolute atomic E-state index is 0.629. The highest BCUT2D eigenvalue weighted by Crippen LogP contribution is 2.09. The average molecular weight is 248 g/mol. The number of alkyl halides is 1. The van der Waals surface area contributed by atoms with E-state index in [-0.39, 0.29) is 0 Å². The fourth-order valence-electron chi connectivity index (χ4n) is 1.35. The van der Waals surface area contributed by atoms with Gasteiger partial charge in [0.1, 0.15) is 0 Å². The van der Waals surface area contributed by atoms with E-state index in [2.05, 4.69) is 15.9 Å². The first-order chi connectivity index (χ1) is 6.41. The van der Waals surface area contributed by atoms with Crippen LogP contribution in [0.4, 0.5) is 0 Å². The standard InChI is InChI=1S/C11H20BrO/c12-10-8-6-4-2-1-3-5-7-9-11-13/h1-10H2. The Labute approximate surface area is 90.4 Å². The van der Waals surface area contributed by atoms with Crippen molar-refractivity contribution in [2.75, 3.05) is 5.33 Å². The van der Waals surface area contributed by atoms with Gasteiger partial charge in [-0.2, -0.15) is 0 Å². The van der Waals surface area contributed by atoms with Crippen molar-refractivity contribution < 1.29 is 4.79 Å². The van der Waals surface area contributed by atoms with Crippen molar-refractivity contribution in [3.63, 3.8) is 0 Å². The molecule has 0 aromatic carbocycles. The lowest BCUT2D eigenvalue weighted by Crippen LogP contribution is -1.82. The molecule has 0 aliphatic heterocycles. The molecule has 0 saturated heterocycles. The van der Waals surface area contributed by atoms with Crippen molar-refractivity contribution in [1.29, 1.82) is 0 Å². The van der Waals surface area contributed by atoms with E-state index < -0.39 is 0 Å². The first-order valence-corrected chi connectivity index (χ1v) is 6.45. The summed E-state index contributed by atoms with van der Waals surface area (Å²) in [5, 5.41) is 1.14. The van der Waals surface area contributed by atoms with E-state index in [9.17, 15) is 4.79 Å². The Morgan fingerprint density at radius 3 is 1.69 bits per heavy atom. The summed E-state index contributed by atoms with van der Waals surface area (Å²) in [6.07, 6.45) is 12.8. The third kappa shape index (κ3) is 12.1. The molecular weight excluding hydrogens is 228 g/mol. The summed E-state index contributed by atoms with van der Waals surface area (Å²) >= 11 is 3.42. The van der Waals surface area contributed by atoms with Crippen molar-refractivity contribution >= 4 is 22.2 Å². The van der Waals surface area contributed by atoms with Gasteiger partial charge in [0.25, 0.3) is 0 Å². The van der Waals surface area contributed by atoms with Gasteiger partial charge >= 0.3 is 0 Å². The van der Waals surface area contributed by atoms with Crippen LogP contribution < -0.4 is 0 Å². The Balaban J connectivity index is 2.79. The Kier molecular flexibility index (Phi) is 12.3. The molecular formula is C11H20BrO. The van der Waals surface area contributed by atoms with Crippen LogP contribution in [0, 0.1) is 0 Å². The maximum atomic E-state index is 9.88. The van der Waals surface area contributed by atoms with Gasteiger partial charge in [-0.25, -0.2) is 0 Å². The second kappa shape index (κ2) is 12.2. The monoisotopic (exact) mass is 247 g/mol. The largest absolute Gasteiger partial charge is 0.291 e. The van der Waals surface area contributed by atoms with Gasteiger partial charge in [-0.3, -0.25) is 4.79 Å². The predicted octanol–water partition coefficient (Wildman–Crippen LogP) is 4.00. The molecule has 0 saturated carbocycles. The first kappa shape index (κ1) is 13.2. The minimum atomic E-state index is 0.629. The topological polar surface area (TPSA) is 17.1 Å². The second-order valence-corrected chi connectivity index (χ2v) is 4.20. The van der Waals surface area contributed by atoms with Gasteiger partial charge < -0.3 is 0 Å². The lowest BCUT2D eigenvalue weighted by molar-refractivity contribution is 0.539. The van der Waals surface area contributed by atoms with E-state index in [1.807, 2.05) is 6.29 Å². The third-order valence-electron chi connectivity index (χ3n) is 2.16. The summed E-state index contributed by atoms with van der Waals surface area (Å²) in [7, 11) is 0. The normalized spacial score (nSPS) is 10.2. The van der Waals surface area contributed by atoms with Crippen LogP contribution in [0.5, 0.6) is 0 Å².